The highest BCUT2D eigenvalue weighted by molar-refractivity contribution is 6.31. The molecule has 2 nitrogen and oxygen atoms in total. The molecule has 0 saturated heterocycles. The number of halogens is 1. The molecule has 0 radical (unpaired) electrons. The third kappa shape index (κ3) is 1.86. The molecule has 0 heterocycles. The Labute approximate surface area is 88.5 Å². The molecule has 76 valence electrons. The van der Waals surface area contributed by atoms with Gasteiger partial charge < -0.3 is 9.84 Å². The second kappa shape index (κ2) is 3.44. The van der Waals surface area contributed by atoms with Crippen molar-refractivity contribution in [3.05, 3.63) is 28.8 Å². The van der Waals surface area contributed by atoms with Gasteiger partial charge in [-0.05, 0) is 25.0 Å². The Morgan fingerprint density at radius 1 is 1.50 bits per heavy atom. The van der Waals surface area contributed by atoms with Crippen LogP contribution in [0.25, 0.3) is 0 Å². The standard InChI is InChI=1S/C11H13ClO2/c1-14-10-4-2-3-9(12)8(10)7-11(13)5-6-11/h2-4,13H,5-7H2,1H3. The average Bonchev–Trinajstić information content (AvgIpc) is 2.88. The van der Waals surface area contributed by atoms with Gasteiger partial charge in [0.05, 0.1) is 12.7 Å². The Bertz CT molecular complexity index is 345. The summed E-state index contributed by atoms with van der Waals surface area (Å²) in [6.07, 6.45) is 2.32. The molecule has 3 heteroatoms. The molecular weight excluding hydrogens is 200 g/mol. The van der Waals surface area contributed by atoms with E-state index in [0.29, 0.717) is 11.4 Å². The number of rotatable bonds is 3. The lowest BCUT2D eigenvalue weighted by Gasteiger charge is -2.13. The first-order valence-electron chi connectivity index (χ1n) is 4.68. The van der Waals surface area contributed by atoms with Crippen molar-refractivity contribution in [2.75, 3.05) is 7.11 Å². The summed E-state index contributed by atoms with van der Waals surface area (Å²) in [6.45, 7) is 0. The molecule has 0 amide bonds. The Morgan fingerprint density at radius 3 is 2.79 bits per heavy atom. The van der Waals surface area contributed by atoms with Crippen molar-refractivity contribution in [2.45, 2.75) is 24.9 Å². The van der Waals surface area contributed by atoms with E-state index in [1.54, 1.807) is 7.11 Å². The van der Waals surface area contributed by atoms with E-state index in [2.05, 4.69) is 0 Å². The predicted molar refractivity (Wildman–Crippen MR) is 55.9 cm³/mol. The third-order valence-corrected chi connectivity index (χ3v) is 2.98. The summed E-state index contributed by atoms with van der Waals surface area (Å²) >= 11 is 6.05. The van der Waals surface area contributed by atoms with Crippen molar-refractivity contribution in [2.24, 2.45) is 0 Å². The van der Waals surface area contributed by atoms with Crippen LogP contribution in [0.1, 0.15) is 18.4 Å². The SMILES string of the molecule is COc1cccc(Cl)c1CC1(O)CC1. The van der Waals surface area contributed by atoms with E-state index in [0.717, 1.165) is 24.2 Å². The molecule has 1 saturated carbocycles. The quantitative estimate of drug-likeness (QED) is 0.834. The maximum Gasteiger partial charge on any atom is 0.123 e. The van der Waals surface area contributed by atoms with Crippen LogP contribution < -0.4 is 4.74 Å². The molecule has 2 rings (SSSR count). The van der Waals surface area contributed by atoms with E-state index in [9.17, 15) is 5.11 Å². The van der Waals surface area contributed by atoms with Crippen molar-refractivity contribution < 1.29 is 9.84 Å². The van der Waals surface area contributed by atoms with Crippen LogP contribution in [0.15, 0.2) is 18.2 Å². The Morgan fingerprint density at radius 2 is 2.21 bits per heavy atom. The van der Waals surface area contributed by atoms with Crippen LogP contribution in [-0.2, 0) is 6.42 Å². The Hall–Kier alpha value is -0.730. The summed E-state index contributed by atoms with van der Waals surface area (Å²) < 4.78 is 5.20. The molecule has 0 bridgehead atoms. The van der Waals surface area contributed by atoms with Crippen LogP contribution in [0.2, 0.25) is 5.02 Å². The lowest BCUT2D eigenvalue weighted by atomic mass is 10.1. The number of hydrogen-bond acceptors (Lipinski definition) is 2. The number of benzene rings is 1. The van der Waals surface area contributed by atoms with Gasteiger partial charge >= 0.3 is 0 Å². The van der Waals surface area contributed by atoms with E-state index < -0.39 is 5.60 Å². The predicted octanol–water partition coefficient (Wildman–Crippen LogP) is 2.42. The average molecular weight is 213 g/mol. The zero-order valence-electron chi connectivity index (χ0n) is 8.09. The molecule has 0 aliphatic heterocycles. The normalized spacial score (nSPS) is 17.9. The third-order valence-electron chi connectivity index (χ3n) is 2.63. The zero-order chi connectivity index (χ0) is 10.2. The molecule has 14 heavy (non-hydrogen) atoms. The molecule has 0 spiro atoms. The lowest BCUT2D eigenvalue weighted by molar-refractivity contribution is 0.150. The molecule has 1 aromatic rings. The number of methoxy groups -OCH3 is 1. The van der Waals surface area contributed by atoms with Crippen molar-refractivity contribution in [3.8, 4) is 5.75 Å². The molecule has 0 atom stereocenters. The summed E-state index contributed by atoms with van der Waals surface area (Å²) in [5.41, 5.74) is 0.384. The van der Waals surface area contributed by atoms with E-state index in [1.807, 2.05) is 18.2 Å². The second-order valence-corrected chi connectivity index (χ2v) is 4.23. The van der Waals surface area contributed by atoms with Gasteiger partial charge in [0.15, 0.2) is 0 Å². The largest absolute Gasteiger partial charge is 0.496 e. The fourth-order valence-corrected chi connectivity index (χ4v) is 1.78. The number of hydrogen-bond donors (Lipinski definition) is 1. The first-order chi connectivity index (χ1) is 6.64. The molecule has 1 aromatic carbocycles. The molecule has 1 aliphatic rings. The molecule has 0 unspecified atom stereocenters. The van der Waals surface area contributed by atoms with Crippen LogP contribution >= 0.6 is 11.6 Å². The summed E-state index contributed by atoms with van der Waals surface area (Å²) in [5.74, 6) is 0.762. The molecule has 1 aliphatic carbocycles. The minimum Gasteiger partial charge on any atom is -0.496 e. The van der Waals surface area contributed by atoms with Crippen LogP contribution in [0.4, 0.5) is 0 Å². The van der Waals surface area contributed by atoms with Gasteiger partial charge in [0, 0.05) is 17.0 Å². The fraction of sp³-hybridized carbons (Fsp3) is 0.455. The fourth-order valence-electron chi connectivity index (χ4n) is 1.55. The highest BCUT2D eigenvalue weighted by Crippen LogP contribution is 2.41. The summed E-state index contributed by atoms with van der Waals surface area (Å²) in [5, 5.41) is 10.5. The Kier molecular flexibility index (Phi) is 2.41. The monoisotopic (exact) mass is 212 g/mol. The van der Waals surface area contributed by atoms with Crippen molar-refractivity contribution in [1.29, 1.82) is 0 Å². The minimum atomic E-state index is -0.529. The topological polar surface area (TPSA) is 29.5 Å². The maximum absolute atomic E-state index is 9.81. The first-order valence-corrected chi connectivity index (χ1v) is 5.06. The molecule has 1 N–H and O–H groups in total. The number of aliphatic hydroxyl groups is 1. The van der Waals surface area contributed by atoms with Gasteiger partial charge in [-0.25, -0.2) is 0 Å². The van der Waals surface area contributed by atoms with Crippen LogP contribution in [0, 0.1) is 0 Å². The highest BCUT2D eigenvalue weighted by atomic mass is 35.5. The van der Waals surface area contributed by atoms with Gasteiger partial charge in [0.25, 0.3) is 0 Å². The smallest absolute Gasteiger partial charge is 0.123 e. The minimum absolute atomic E-state index is 0.529. The van der Waals surface area contributed by atoms with Gasteiger partial charge in [-0.1, -0.05) is 17.7 Å². The van der Waals surface area contributed by atoms with Gasteiger partial charge in [-0.2, -0.15) is 0 Å². The van der Waals surface area contributed by atoms with Gasteiger partial charge in [-0.15, -0.1) is 0 Å². The van der Waals surface area contributed by atoms with Crippen molar-refractivity contribution >= 4 is 11.6 Å². The van der Waals surface area contributed by atoms with Crippen LogP contribution in [0.3, 0.4) is 0 Å². The zero-order valence-corrected chi connectivity index (χ0v) is 8.84. The van der Waals surface area contributed by atoms with E-state index in [1.165, 1.54) is 0 Å². The van der Waals surface area contributed by atoms with E-state index >= 15 is 0 Å². The van der Waals surface area contributed by atoms with Gasteiger partial charge in [-0.3, -0.25) is 0 Å². The van der Waals surface area contributed by atoms with Crippen molar-refractivity contribution in [1.82, 2.24) is 0 Å². The summed E-state index contributed by atoms with van der Waals surface area (Å²) in [6, 6.07) is 5.54. The molecular formula is C11H13ClO2. The maximum atomic E-state index is 9.81. The van der Waals surface area contributed by atoms with Crippen LogP contribution in [0.5, 0.6) is 5.75 Å². The summed E-state index contributed by atoms with van der Waals surface area (Å²) in [4.78, 5) is 0. The molecule has 0 aromatic heterocycles. The van der Waals surface area contributed by atoms with Gasteiger partial charge in [0.1, 0.15) is 5.75 Å². The first kappa shape index (κ1) is 9.81. The second-order valence-electron chi connectivity index (χ2n) is 3.82. The van der Waals surface area contributed by atoms with E-state index in [-0.39, 0.29) is 0 Å². The van der Waals surface area contributed by atoms with E-state index in [4.69, 9.17) is 16.3 Å². The Balaban J connectivity index is 2.29. The highest BCUT2D eigenvalue weighted by Gasteiger charge is 2.41. The lowest BCUT2D eigenvalue weighted by Crippen LogP contribution is -2.11. The molecule has 1 fully saturated rings. The van der Waals surface area contributed by atoms with Crippen LogP contribution in [-0.4, -0.2) is 17.8 Å². The van der Waals surface area contributed by atoms with Crippen molar-refractivity contribution in [3.63, 3.8) is 0 Å². The summed E-state index contributed by atoms with van der Waals surface area (Å²) in [7, 11) is 1.62. The number of ether oxygens (including phenoxy) is 1. The van der Waals surface area contributed by atoms with Gasteiger partial charge in [0.2, 0.25) is 0 Å².